The topological polar surface area (TPSA) is 76.5 Å². The molecule has 0 radical (unpaired) electrons. The maximum Gasteiger partial charge on any atom is 0.149 e. The molecule has 0 atom stereocenters. The summed E-state index contributed by atoms with van der Waals surface area (Å²) in [6.45, 7) is 7.65. The summed E-state index contributed by atoms with van der Waals surface area (Å²) in [4.78, 5) is 23.7. The maximum atomic E-state index is 6.61. The number of nitrogens with zero attached hydrogens (tertiary/aromatic N) is 6. The number of morpholine rings is 1. The second-order valence-electron chi connectivity index (χ2n) is 10.8. The molecule has 0 unspecified atom stereocenters. The lowest BCUT2D eigenvalue weighted by atomic mass is 9.85. The van der Waals surface area contributed by atoms with Crippen LogP contribution in [0.25, 0.3) is 11.0 Å². The number of hydrogen-bond donors (Lipinski definition) is 0. The fraction of sp³-hybridized carbons (Fsp3) is 0.586. The van der Waals surface area contributed by atoms with Crippen molar-refractivity contribution in [2.24, 2.45) is 5.92 Å². The molecule has 8 heteroatoms. The third kappa shape index (κ3) is 5.64. The van der Waals surface area contributed by atoms with Gasteiger partial charge < -0.3 is 19.3 Å². The Kier molecular flexibility index (Phi) is 7.35. The van der Waals surface area contributed by atoms with Crippen molar-refractivity contribution in [3.8, 4) is 5.75 Å². The van der Waals surface area contributed by atoms with Crippen LogP contribution in [0.2, 0.25) is 0 Å². The van der Waals surface area contributed by atoms with Crippen LogP contribution in [-0.4, -0.2) is 65.4 Å². The van der Waals surface area contributed by atoms with Crippen molar-refractivity contribution in [2.75, 3.05) is 49.2 Å². The van der Waals surface area contributed by atoms with Gasteiger partial charge in [-0.1, -0.05) is 0 Å². The number of aromatic nitrogens is 4. The monoisotopic (exact) mass is 502 g/mol. The second-order valence-corrected chi connectivity index (χ2v) is 10.8. The summed E-state index contributed by atoms with van der Waals surface area (Å²) in [6, 6.07) is 4.27. The maximum absolute atomic E-state index is 6.61. The Morgan fingerprint density at radius 1 is 0.892 bits per heavy atom. The minimum atomic E-state index is 0.198. The van der Waals surface area contributed by atoms with E-state index >= 15 is 0 Å². The summed E-state index contributed by atoms with van der Waals surface area (Å²) in [5.74, 6) is 3.60. The van der Waals surface area contributed by atoms with E-state index in [0.717, 1.165) is 106 Å². The van der Waals surface area contributed by atoms with Crippen LogP contribution in [-0.2, 0) is 11.2 Å². The SMILES string of the molecule is Cc1cnc(CC2CCC(Oc3cc(N4CCOCC4)cc4nccnc34)CC2)nc1N1CCCCC1. The molecule has 8 nitrogen and oxygen atoms in total. The minimum Gasteiger partial charge on any atom is -0.488 e. The van der Waals surface area contributed by atoms with Crippen LogP contribution in [0.15, 0.2) is 30.7 Å². The molecule has 0 amide bonds. The molecule has 2 aliphatic heterocycles. The molecule has 3 aliphatic rings. The van der Waals surface area contributed by atoms with Gasteiger partial charge in [-0.25, -0.2) is 15.0 Å². The summed E-state index contributed by atoms with van der Waals surface area (Å²) < 4.78 is 12.2. The van der Waals surface area contributed by atoms with Gasteiger partial charge in [0, 0.05) is 68.5 Å². The average molecular weight is 503 g/mol. The first-order valence-corrected chi connectivity index (χ1v) is 14.0. The Morgan fingerprint density at radius 3 is 2.49 bits per heavy atom. The number of hydrogen-bond acceptors (Lipinski definition) is 8. The van der Waals surface area contributed by atoms with E-state index in [4.69, 9.17) is 19.4 Å². The number of piperidine rings is 1. The Labute approximate surface area is 219 Å². The van der Waals surface area contributed by atoms with Crippen LogP contribution >= 0.6 is 0 Å². The molecule has 4 heterocycles. The van der Waals surface area contributed by atoms with Crippen LogP contribution in [0.5, 0.6) is 5.75 Å². The highest BCUT2D eigenvalue weighted by molar-refractivity contribution is 5.85. The van der Waals surface area contributed by atoms with Gasteiger partial charge in [0.25, 0.3) is 0 Å². The van der Waals surface area contributed by atoms with Crippen molar-refractivity contribution >= 4 is 22.5 Å². The molecule has 1 aliphatic carbocycles. The van der Waals surface area contributed by atoms with Crippen molar-refractivity contribution in [1.82, 2.24) is 19.9 Å². The van der Waals surface area contributed by atoms with E-state index in [1.165, 1.54) is 24.8 Å². The fourth-order valence-corrected chi connectivity index (χ4v) is 6.01. The smallest absolute Gasteiger partial charge is 0.149 e. The quantitative estimate of drug-likeness (QED) is 0.479. The number of ether oxygens (including phenoxy) is 2. The molecule has 3 fully saturated rings. The molecular formula is C29H38N6O2. The predicted octanol–water partition coefficient (Wildman–Crippen LogP) is 4.74. The van der Waals surface area contributed by atoms with Crippen molar-refractivity contribution < 1.29 is 9.47 Å². The third-order valence-corrected chi connectivity index (χ3v) is 8.11. The van der Waals surface area contributed by atoms with Crippen molar-refractivity contribution in [2.45, 2.75) is 64.4 Å². The standard InChI is InChI=1S/C29H38N6O2/c1-21-20-32-27(33-29(21)35-11-3-2-4-12-35)17-22-5-7-24(8-6-22)37-26-19-23(34-13-15-36-16-14-34)18-25-28(26)31-10-9-30-25/h9-10,18-20,22,24H,2-8,11-17H2,1H3. The van der Waals surface area contributed by atoms with Gasteiger partial charge in [0.15, 0.2) is 0 Å². The summed E-state index contributed by atoms with van der Waals surface area (Å²) in [6.07, 6.45) is 14.9. The van der Waals surface area contributed by atoms with Gasteiger partial charge in [0.1, 0.15) is 22.9 Å². The highest BCUT2D eigenvalue weighted by Gasteiger charge is 2.26. The van der Waals surface area contributed by atoms with Crippen LogP contribution in [0.1, 0.15) is 56.3 Å². The second kappa shape index (κ2) is 11.2. The molecule has 2 saturated heterocycles. The lowest BCUT2D eigenvalue weighted by molar-refractivity contribution is 0.122. The van der Waals surface area contributed by atoms with E-state index in [2.05, 4.69) is 38.8 Å². The molecule has 3 aromatic rings. The van der Waals surface area contributed by atoms with Crippen molar-refractivity contribution in [3.63, 3.8) is 0 Å². The average Bonchev–Trinajstić information content (AvgIpc) is 2.96. The Balaban J connectivity index is 1.10. The number of anilines is 2. The lowest BCUT2D eigenvalue weighted by Gasteiger charge is -2.31. The first kappa shape index (κ1) is 24.3. The highest BCUT2D eigenvalue weighted by Crippen LogP contribution is 2.35. The molecule has 2 aromatic heterocycles. The molecule has 196 valence electrons. The van der Waals surface area contributed by atoms with Gasteiger partial charge in [-0.15, -0.1) is 0 Å². The Morgan fingerprint density at radius 2 is 1.68 bits per heavy atom. The van der Waals surface area contributed by atoms with Gasteiger partial charge in [-0.2, -0.15) is 0 Å². The molecule has 6 rings (SSSR count). The highest BCUT2D eigenvalue weighted by atomic mass is 16.5. The van der Waals surface area contributed by atoms with Gasteiger partial charge in [0.2, 0.25) is 0 Å². The summed E-state index contributed by atoms with van der Waals surface area (Å²) in [7, 11) is 0. The number of fused-ring (bicyclic) bond motifs is 1. The van der Waals surface area contributed by atoms with E-state index in [-0.39, 0.29) is 6.10 Å². The van der Waals surface area contributed by atoms with E-state index in [9.17, 15) is 0 Å². The number of rotatable bonds is 6. The first-order chi connectivity index (χ1) is 18.2. The Bertz CT molecular complexity index is 1200. The molecule has 1 aromatic carbocycles. The van der Waals surface area contributed by atoms with Gasteiger partial charge in [0.05, 0.1) is 24.8 Å². The third-order valence-electron chi connectivity index (χ3n) is 8.11. The lowest BCUT2D eigenvalue weighted by Crippen LogP contribution is -2.36. The largest absolute Gasteiger partial charge is 0.488 e. The zero-order valence-corrected chi connectivity index (χ0v) is 21.9. The summed E-state index contributed by atoms with van der Waals surface area (Å²) >= 11 is 0. The molecule has 0 N–H and O–H groups in total. The Hall–Kier alpha value is -3.00. The van der Waals surface area contributed by atoms with E-state index in [1.54, 1.807) is 12.4 Å². The molecule has 0 spiro atoms. The van der Waals surface area contributed by atoms with E-state index < -0.39 is 0 Å². The molecule has 37 heavy (non-hydrogen) atoms. The van der Waals surface area contributed by atoms with Gasteiger partial charge >= 0.3 is 0 Å². The zero-order valence-electron chi connectivity index (χ0n) is 21.9. The number of benzene rings is 1. The van der Waals surface area contributed by atoms with E-state index in [1.807, 2.05) is 6.20 Å². The van der Waals surface area contributed by atoms with E-state index in [0.29, 0.717) is 5.92 Å². The van der Waals surface area contributed by atoms with Crippen molar-refractivity contribution in [3.05, 3.63) is 42.1 Å². The summed E-state index contributed by atoms with van der Waals surface area (Å²) in [5.41, 5.74) is 4.06. The molecule has 0 bridgehead atoms. The zero-order chi connectivity index (χ0) is 25.0. The van der Waals surface area contributed by atoms with Gasteiger partial charge in [-0.05, 0) is 63.9 Å². The summed E-state index contributed by atoms with van der Waals surface area (Å²) in [5, 5.41) is 0. The van der Waals surface area contributed by atoms with Gasteiger partial charge in [-0.3, -0.25) is 4.98 Å². The van der Waals surface area contributed by atoms with Crippen LogP contribution < -0.4 is 14.5 Å². The normalized spacial score (nSPS) is 22.8. The fourth-order valence-electron chi connectivity index (χ4n) is 6.01. The van der Waals surface area contributed by atoms with Crippen molar-refractivity contribution in [1.29, 1.82) is 0 Å². The van der Waals surface area contributed by atoms with Crippen LogP contribution in [0, 0.1) is 12.8 Å². The minimum absolute atomic E-state index is 0.198. The molecular weight excluding hydrogens is 464 g/mol. The predicted molar refractivity (Wildman–Crippen MR) is 145 cm³/mol. The van der Waals surface area contributed by atoms with Crippen LogP contribution in [0.3, 0.4) is 0 Å². The first-order valence-electron chi connectivity index (χ1n) is 14.0. The molecule has 1 saturated carbocycles. The van der Waals surface area contributed by atoms with Crippen LogP contribution in [0.4, 0.5) is 11.5 Å². The number of aryl methyl sites for hydroxylation is 1.